The van der Waals surface area contributed by atoms with Crippen LogP contribution in [0.5, 0.6) is 0 Å². The van der Waals surface area contributed by atoms with Crippen LogP contribution in [0.3, 0.4) is 0 Å². The maximum atomic E-state index is 14.5. The zero-order chi connectivity index (χ0) is 33.2. The summed E-state index contributed by atoms with van der Waals surface area (Å²) < 4.78 is 5.07. The zero-order valence-electron chi connectivity index (χ0n) is 27.1. The molecule has 0 aliphatic rings. The average molecular weight is 637 g/mol. The summed E-state index contributed by atoms with van der Waals surface area (Å²) in [6.07, 6.45) is 0.629. The molecule has 0 radical (unpaired) electrons. The number of aryl methyl sites for hydroxylation is 2. The van der Waals surface area contributed by atoms with E-state index < -0.39 is 6.04 Å². The van der Waals surface area contributed by atoms with Gasteiger partial charge in [0.15, 0.2) is 11.2 Å². The molecule has 10 heteroatoms. The number of imidazole rings is 1. The van der Waals surface area contributed by atoms with Crippen LogP contribution in [0.1, 0.15) is 55.2 Å². The monoisotopic (exact) mass is 636 g/mol. The Morgan fingerprint density at radius 2 is 1.40 bits per heavy atom. The Morgan fingerprint density at radius 3 is 2.06 bits per heavy atom. The molecule has 0 aliphatic carbocycles. The van der Waals surface area contributed by atoms with Crippen LogP contribution in [0.25, 0.3) is 33.7 Å². The van der Waals surface area contributed by atoms with Crippen LogP contribution >= 0.6 is 0 Å². The minimum absolute atomic E-state index is 0.00980. The Kier molecular flexibility index (Phi) is 8.37. The van der Waals surface area contributed by atoms with Gasteiger partial charge in [0.1, 0.15) is 5.82 Å². The summed E-state index contributed by atoms with van der Waals surface area (Å²) in [5.41, 5.74) is 6.02. The van der Waals surface area contributed by atoms with E-state index in [0.29, 0.717) is 36.5 Å². The fourth-order valence-electron chi connectivity index (χ4n) is 6.37. The van der Waals surface area contributed by atoms with Gasteiger partial charge in [0, 0.05) is 24.6 Å². The van der Waals surface area contributed by atoms with E-state index in [4.69, 9.17) is 4.98 Å². The van der Waals surface area contributed by atoms with Crippen LogP contribution < -0.4 is 11.2 Å². The first-order valence-corrected chi connectivity index (χ1v) is 16.2. The van der Waals surface area contributed by atoms with Crippen molar-refractivity contribution in [1.82, 2.24) is 39.3 Å². The number of nitrogens with zero attached hydrogens (tertiary/aromatic N) is 7. The highest BCUT2D eigenvalue weighted by Crippen LogP contribution is 2.30. The van der Waals surface area contributed by atoms with Gasteiger partial charge in [-0.15, -0.1) is 10.2 Å². The van der Waals surface area contributed by atoms with Gasteiger partial charge in [0.25, 0.3) is 5.56 Å². The molecule has 0 bridgehead atoms. The van der Waals surface area contributed by atoms with Crippen LogP contribution in [-0.2, 0) is 19.5 Å². The molecule has 0 spiro atoms. The molecule has 0 fully saturated rings. The van der Waals surface area contributed by atoms with Gasteiger partial charge < -0.3 is 4.57 Å². The molecule has 1 N–H and O–H groups in total. The summed E-state index contributed by atoms with van der Waals surface area (Å²) in [4.78, 5) is 33.7. The normalized spacial score (nSPS) is 12.2. The lowest BCUT2D eigenvalue weighted by molar-refractivity contribution is 0.533. The third-order valence-corrected chi connectivity index (χ3v) is 8.86. The Hall–Kier alpha value is -5.90. The van der Waals surface area contributed by atoms with E-state index >= 15 is 0 Å². The Balaban J connectivity index is 1.35. The number of aromatic amines is 1. The maximum absolute atomic E-state index is 14.5. The Bertz CT molecular complexity index is 2290. The number of benzene rings is 4. The van der Waals surface area contributed by atoms with Gasteiger partial charge in [-0.1, -0.05) is 123 Å². The van der Waals surface area contributed by atoms with Crippen molar-refractivity contribution in [1.29, 1.82) is 0 Å². The fraction of sp³-hybridized carbons (Fsp3) is 0.211. The molecule has 7 rings (SSSR count). The molecule has 3 heterocycles. The lowest BCUT2D eigenvalue weighted by atomic mass is 9.98. The van der Waals surface area contributed by atoms with Crippen molar-refractivity contribution in [2.45, 2.75) is 52.2 Å². The molecule has 1 atom stereocenters. The molecule has 240 valence electrons. The van der Waals surface area contributed by atoms with Gasteiger partial charge in [-0.25, -0.2) is 9.78 Å². The van der Waals surface area contributed by atoms with Gasteiger partial charge in [0.05, 0.1) is 6.04 Å². The second kappa shape index (κ2) is 13.1. The molecule has 48 heavy (non-hydrogen) atoms. The number of nitrogens with one attached hydrogen (secondary N) is 1. The van der Waals surface area contributed by atoms with Gasteiger partial charge in [-0.2, -0.15) is 5.21 Å². The maximum Gasteiger partial charge on any atom is 0.333 e. The molecule has 0 aliphatic heterocycles. The predicted molar refractivity (Wildman–Crippen MR) is 187 cm³/mol. The molecule has 0 saturated carbocycles. The number of fused-ring (bicyclic) bond motifs is 1. The molecular weight excluding hydrogens is 600 g/mol. The van der Waals surface area contributed by atoms with Crippen LogP contribution in [0.4, 0.5) is 0 Å². The summed E-state index contributed by atoms with van der Waals surface area (Å²) in [6.45, 7) is 6.84. The van der Waals surface area contributed by atoms with Gasteiger partial charge in [0.2, 0.25) is 5.82 Å². The highest BCUT2D eigenvalue weighted by Gasteiger charge is 2.25. The summed E-state index contributed by atoms with van der Waals surface area (Å²) in [7, 11) is 0. The number of aromatic nitrogens is 8. The molecule has 0 amide bonds. The minimum atomic E-state index is -0.469. The number of tetrazole rings is 1. The number of hydrogen-bond acceptors (Lipinski definition) is 6. The van der Waals surface area contributed by atoms with E-state index in [0.717, 1.165) is 39.2 Å². The third-order valence-electron chi connectivity index (χ3n) is 8.86. The second-order valence-corrected chi connectivity index (χ2v) is 12.3. The molecule has 3 aromatic heterocycles. The van der Waals surface area contributed by atoms with Crippen molar-refractivity contribution in [3.63, 3.8) is 0 Å². The summed E-state index contributed by atoms with van der Waals surface area (Å²) >= 11 is 0. The lowest BCUT2D eigenvalue weighted by Gasteiger charge is -2.18. The van der Waals surface area contributed by atoms with Crippen molar-refractivity contribution in [2.75, 3.05) is 0 Å². The highest BCUT2D eigenvalue weighted by atomic mass is 16.2. The molecular formula is C38H36N8O2. The minimum Gasteiger partial charge on any atom is -0.317 e. The number of hydrogen-bond donors (Lipinski definition) is 1. The van der Waals surface area contributed by atoms with E-state index in [1.807, 2.05) is 96.4 Å². The van der Waals surface area contributed by atoms with E-state index in [2.05, 4.69) is 58.7 Å². The van der Waals surface area contributed by atoms with Gasteiger partial charge in [-0.05, 0) is 46.4 Å². The summed E-state index contributed by atoms with van der Waals surface area (Å²) in [6, 6.07) is 35.5. The molecule has 1 unspecified atom stereocenters. The first-order valence-electron chi connectivity index (χ1n) is 16.2. The Labute approximate surface area is 277 Å². The van der Waals surface area contributed by atoms with Crippen LogP contribution in [0, 0.1) is 0 Å². The number of rotatable bonds is 10. The van der Waals surface area contributed by atoms with Crippen LogP contribution in [-0.4, -0.2) is 39.3 Å². The predicted octanol–water partition coefficient (Wildman–Crippen LogP) is 6.23. The van der Waals surface area contributed by atoms with E-state index in [1.165, 1.54) is 4.57 Å². The summed E-state index contributed by atoms with van der Waals surface area (Å²) in [5.74, 6) is 1.29. The largest absolute Gasteiger partial charge is 0.333 e. The van der Waals surface area contributed by atoms with E-state index in [9.17, 15) is 9.59 Å². The molecule has 10 nitrogen and oxygen atoms in total. The first-order chi connectivity index (χ1) is 23.4. The van der Waals surface area contributed by atoms with Crippen LogP contribution in [0.15, 0.2) is 119 Å². The zero-order valence-corrected chi connectivity index (χ0v) is 27.1. The van der Waals surface area contributed by atoms with Crippen molar-refractivity contribution >= 4 is 11.2 Å². The Morgan fingerprint density at radius 1 is 0.729 bits per heavy atom. The highest BCUT2D eigenvalue weighted by molar-refractivity contribution is 5.80. The third kappa shape index (κ3) is 5.77. The standard InChI is InChI=1S/C38H36N8O2/c1-25(2)35-39-36-33(45(35)24-28-18-20-30(21-19-28)31-16-10-11-17-32(31)34-40-42-43-41-34)37(47)46(26(3)29-14-8-5-9-15-29)38(48)44(36)23-22-27-12-6-4-7-13-27/h4-21,25-26H,22-24H2,1-3H3,(H,40,41,42,43). The molecule has 0 saturated heterocycles. The number of H-pyrrole nitrogens is 1. The average Bonchev–Trinajstić information content (AvgIpc) is 3.79. The fourth-order valence-corrected chi connectivity index (χ4v) is 6.37. The second-order valence-electron chi connectivity index (χ2n) is 12.3. The van der Waals surface area contributed by atoms with Crippen molar-refractivity contribution < 1.29 is 0 Å². The topological polar surface area (TPSA) is 116 Å². The van der Waals surface area contributed by atoms with Gasteiger partial charge >= 0.3 is 5.69 Å². The van der Waals surface area contributed by atoms with Crippen molar-refractivity contribution in [3.8, 4) is 22.5 Å². The van der Waals surface area contributed by atoms with Crippen molar-refractivity contribution in [3.05, 3.63) is 153 Å². The summed E-state index contributed by atoms with van der Waals surface area (Å²) in [5, 5.41) is 14.6. The quantitative estimate of drug-likeness (QED) is 0.190. The first kappa shape index (κ1) is 30.7. The smallest absolute Gasteiger partial charge is 0.317 e. The lowest BCUT2D eigenvalue weighted by Crippen LogP contribution is -2.42. The van der Waals surface area contributed by atoms with E-state index in [-0.39, 0.29) is 17.2 Å². The van der Waals surface area contributed by atoms with Crippen LogP contribution in [0.2, 0.25) is 0 Å². The molecule has 7 aromatic rings. The van der Waals surface area contributed by atoms with E-state index in [1.54, 1.807) is 4.57 Å². The SMILES string of the molecule is CC(C)c1nc2c(c(=O)n(C(C)c3ccccc3)c(=O)n2CCc2ccccc2)n1Cc1ccc(-c2ccccc2-c2nn[nH]n2)cc1. The molecule has 4 aromatic carbocycles. The van der Waals surface area contributed by atoms with Gasteiger partial charge in [-0.3, -0.25) is 13.9 Å². The van der Waals surface area contributed by atoms with Crippen molar-refractivity contribution in [2.24, 2.45) is 0 Å².